The van der Waals surface area contributed by atoms with Crippen molar-refractivity contribution in [1.82, 2.24) is 10.6 Å². The summed E-state index contributed by atoms with van der Waals surface area (Å²) in [5.41, 5.74) is 0.886. The highest BCUT2D eigenvalue weighted by Gasteiger charge is 2.12. The number of nitrogens with one attached hydrogen (secondary N) is 2. The molecule has 5 nitrogen and oxygen atoms in total. The summed E-state index contributed by atoms with van der Waals surface area (Å²) in [6, 6.07) is 1.73. The third-order valence-electron chi connectivity index (χ3n) is 2.40. The lowest BCUT2D eigenvalue weighted by Gasteiger charge is -2.04. The summed E-state index contributed by atoms with van der Waals surface area (Å²) < 4.78 is 0. The molecule has 1 heterocycles. The Morgan fingerprint density at radius 2 is 2.15 bits per heavy atom. The van der Waals surface area contributed by atoms with E-state index in [4.69, 9.17) is 5.11 Å². The van der Waals surface area contributed by atoms with Gasteiger partial charge in [-0.15, -0.1) is 11.3 Å². The molecule has 20 heavy (non-hydrogen) atoms. The van der Waals surface area contributed by atoms with Crippen molar-refractivity contribution in [3.05, 3.63) is 21.4 Å². The van der Waals surface area contributed by atoms with Gasteiger partial charge >= 0.3 is 0 Å². The third-order valence-corrected chi connectivity index (χ3v) is 3.56. The van der Waals surface area contributed by atoms with Crippen LogP contribution in [0.4, 0.5) is 0 Å². The van der Waals surface area contributed by atoms with E-state index in [9.17, 15) is 9.59 Å². The van der Waals surface area contributed by atoms with Gasteiger partial charge in [0, 0.05) is 6.54 Å². The first-order valence-corrected chi connectivity index (χ1v) is 7.15. The van der Waals surface area contributed by atoms with E-state index in [1.165, 1.54) is 11.3 Å². The molecular formula is C14H18N2O3S. The normalized spacial score (nSPS) is 9.55. The highest BCUT2D eigenvalue weighted by Crippen LogP contribution is 2.20. The van der Waals surface area contributed by atoms with Crippen LogP contribution in [0.15, 0.2) is 6.07 Å². The van der Waals surface area contributed by atoms with Gasteiger partial charge in [0.1, 0.15) is 6.61 Å². The van der Waals surface area contributed by atoms with Gasteiger partial charge in [-0.05, 0) is 25.0 Å². The first kappa shape index (κ1) is 16.2. The summed E-state index contributed by atoms with van der Waals surface area (Å²) in [6.45, 7) is 4.17. The van der Waals surface area contributed by atoms with Crippen molar-refractivity contribution in [2.45, 2.75) is 20.3 Å². The first-order chi connectivity index (χ1) is 9.58. The van der Waals surface area contributed by atoms with Crippen LogP contribution in [-0.2, 0) is 4.79 Å². The molecule has 6 heteroatoms. The molecular weight excluding hydrogens is 276 g/mol. The maximum absolute atomic E-state index is 11.9. The molecule has 1 rings (SSSR count). The van der Waals surface area contributed by atoms with Crippen molar-refractivity contribution in [1.29, 1.82) is 0 Å². The number of aliphatic hydroxyl groups is 1. The van der Waals surface area contributed by atoms with Gasteiger partial charge in [0.2, 0.25) is 5.91 Å². The number of hydrogen-bond donors (Lipinski definition) is 3. The van der Waals surface area contributed by atoms with E-state index in [0.29, 0.717) is 11.4 Å². The van der Waals surface area contributed by atoms with Crippen LogP contribution in [0.1, 0.15) is 33.5 Å². The third kappa shape index (κ3) is 5.03. The molecule has 0 spiro atoms. The van der Waals surface area contributed by atoms with E-state index in [2.05, 4.69) is 22.5 Å². The van der Waals surface area contributed by atoms with Crippen LogP contribution in [0, 0.1) is 18.8 Å². The van der Waals surface area contributed by atoms with Crippen LogP contribution in [0.25, 0.3) is 0 Å². The number of aliphatic hydroxyl groups excluding tert-OH is 1. The molecule has 0 fully saturated rings. The minimum Gasteiger partial charge on any atom is -0.384 e. The van der Waals surface area contributed by atoms with E-state index in [-0.39, 0.29) is 25.0 Å². The summed E-state index contributed by atoms with van der Waals surface area (Å²) in [5, 5.41) is 13.9. The summed E-state index contributed by atoms with van der Waals surface area (Å²) >= 11 is 1.25. The Morgan fingerprint density at radius 3 is 2.80 bits per heavy atom. The SMILES string of the molecule is CCCNC(=O)CNC(=O)c1cc(C)c(C#CCO)s1. The zero-order valence-corrected chi connectivity index (χ0v) is 12.4. The second-order valence-corrected chi connectivity index (χ2v) is 5.17. The Morgan fingerprint density at radius 1 is 1.40 bits per heavy atom. The lowest BCUT2D eigenvalue weighted by molar-refractivity contribution is -0.120. The standard InChI is InChI=1S/C14H18N2O3S/c1-3-6-15-13(18)9-16-14(19)12-8-10(2)11(20-12)5-4-7-17/h8,17H,3,6-7,9H2,1-2H3,(H,15,18)(H,16,19). The van der Waals surface area contributed by atoms with Crippen molar-refractivity contribution in [2.75, 3.05) is 19.7 Å². The van der Waals surface area contributed by atoms with Crippen molar-refractivity contribution in [2.24, 2.45) is 0 Å². The van der Waals surface area contributed by atoms with E-state index in [1.54, 1.807) is 6.07 Å². The van der Waals surface area contributed by atoms with Crippen molar-refractivity contribution in [3.63, 3.8) is 0 Å². The Bertz CT molecular complexity index is 540. The Kier molecular flexibility index (Phi) is 6.77. The molecule has 0 aliphatic heterocycles. The quantitative estimate of drug-likeness (QED) is 0.698. The molecule has 0 radical (unpaired) electrons. The van der Waals surface area contributed by atoms with Crippen LogP contribution >= 0.6 is 11.3 Å². The summed E-state index contributed by atoms with van der Waals surface area (Å²) in [7, 11) is 0. The number of aryl methyl sites for hydroxylation is 1. The maximum atomic E-state index is 11.9. The molecule has 1 aromatic heterocycles. The van der Waals surface area contributed by atoms with E-state index in [0.717, 1.165) is 16.9 Å². The molecule has 1 aromatic rings. The van der Waals surface area contributed by atoms with Crippen molar-refractivity contribution < 1.29 is 14.7 Å². The Labute approximate surface area is 122 Å². The fourth-order valence-corrected chi connectivity index (χ4v) is 2.38. The minimum atomic E-state index is -0.290. The van der Waals surface area contributed by atoms with Crippen LogP contribution in [0.2, 0.25) is 0 Å². The average molecular weight is 294 g/mol. The van der Waals surface area contributed by atoms with E-state index < -0.39 is 0 Å². The molecule has 0 saturated carbocycles. The first-order valence-electron chi connectivity index (χ1n) is 6.33. The Hall–Kier alpha value is -1.84. The lowest BCUT2D eigenvalue weighted by atomic mass is 10.2. The molecule has 2 amide bonds. The maximum Gasteiger partial charge on any atom is 0.261 e. The second-order valence-electron chi connectivity index (χ2n) is 4.12. The zero-order valence-electron chi connectivity index (χ0n) is 11.6. The predicted octanol–water partition coefficient (Wildman–Crippen LogP) is 0.656. The van der Waals surface area contributed by atoms with Gasteiger partial charge in [-0.25, -0.2) is 0 Å². The fraction of sp³-hybridized carbons (Fsp3) is 0.429. The van der Waals surface area contributed by atoms with E-state index >= 15 is 0 Å². The lowest BCUT2D eigenvalue weighted by Crippen LogP contribution is -2.36. The van der Waals surface area contributed by atoms with Crippen LogP contribution in [0.5, 0.6) is 0 Å². The van der Waals surface area contributed by atoms with Crippen molar-refractivity contribution >= 4 is 23.2 Å². The Balaban J connectivity index is 2.58. The van der Waals surface area contributed by atoms with Gasteiger partial charge in [-0.2, -0.15) is 0 Å². The zero-order chi connectivity index (χ0) is 15.0. The molecule has 3 N–H and O–H groups in total. The van der Waals surface area contributed by atoms with Crippen molar-refractivity contribution in [3.8, 4) is 11.8 Å². The molecule has 0 aromatic carbocycles. The highest BCUT2D eigenvalue weighted by molar-refractivity contribution is 7.14. The minimum absolute atomic E-state index is 0.0343. The highest BCUT2D eigenvalue weighted by atomic mass is 32.1. The molecule has 0 unspecified atom stereocenters. The fourth-order valence-electron chi connectivity index (χ4n) is 1.41. The van der Waals surface area contributed by atoms with Crippen LogP contribution in [0.3, 0.4) is 0 Å². The van der Waals surface area contributed by atoms with Gasteiger partial charge in [0.25, 0.3) is 5.91 Å². The molecule has 0 bridgehead atoms. The largest absolute Gasteiger partial charge is 0.384 e. The molecule has 0 aliphatic rings. The number of carbonyl (C=O) groups is 2. The van der Waals surface area contributed by atoms with Gasteiger partial charge in [0.15, 0.2) is 0 Å². The molecule has 108 valence electrons. The van der Waals surface area contributed by atoms with Gasteiger partial charge in [-0.3, -0.25) is 9.59 Å². The smallest absolute Gasteiger partial charge is 0.261 e. The topological polar surface area (TPSA) is 78.4 Å². The van der Waals surface area contributed by atoms with Gasteiger partial charge < -0.3 is 15.7 Å². The second kappa shape index (κ2) is 8.35. The van der Waals surface area contributed by atoms with Crippen LogP contribution < -0.4 is 10.6 Å². The summed E-state index contributed by atoms with van der Waals surface area (Å²) in [5.74, 6) is 4.85. The van der Waals surface area contributed by atoms with E-state index in [1.807, 2.05) is 13.8 Å². The van der Waals surface area contributed by atoms with Gasteiger partial charge in [-0.1, -0.05) is 18.8 Å². The molecule has 0 aliphatic carbocycles. The molecule has 0 saturated heterocycles. The van der Waals surface area contributed by atoms with Crippen LogP contribution in [-0.4, -0.2) is 36.6 Å². The average Bonchev–Trinajstić information content (AvgIpc) is 2.81. The summed E-state index contributed by atoms with van der Waals surface area (Å²) in [6.07, 6.45) is 0.858. The number of amides is 2. The number of thiophene rings is 1. The number of rotatable bonds is 5. The monoisotopic (exact) mass is 294 g/mol. The molecule has 0 atom stereocenters. The number of carbonyl (C=O) groups excluding carboxylic acids is 2. The predicted molar refractivity (Wildman–Crippen MR) is 78.7 cm³/mol. The summed E-state index contributed by atoms with van der Waals surface area (Å²) in [4.78, 5) is 24.5. The van der Waals surface area contributed by atoms with Gasteiger partial charge in [0.05, 0.1) is 16.3 Å². The number of hydrogen-bond acceptors (Lipinski definition) is 4.